The maximum absolute atomic E-state index is 6.14. The Hall–Kier alpha value is -0.970. The van der Waals surface area contributed by atoms with Crippen LogP contribution in [0, 0.1) is 0 Å². The molecule has 2 aliphatic heterocycles. The number of halogens is 1. The summed E-state index contributed by atoms with van der Waals surface area (Å²) in [5.41, 5.74) is 1.12. The van der Waals surface area contributed by atoms with Crippen molar-refractivity contribution in [2.75, 3.05) is 20.0 Å². The highest BCUT2D eigenvalue weighted by molar-refractivity contribution is 6.32. The summed E-state index contributed by atoms with van der Waals surface area (Å²) in [6.07, 6.45) is 2.14. The molecule has 1 saturated heterocycles. The maximum atomic E-state index is 6.14. The molecule has 0 aromatic heterocycles. The Labute approximate surface area is 111 Å². The zero-order valence-electron chi connectivity index (χ0n) is 10.1. The summed E-state index contributed by atoms with van der Waals surface area (Å²) in [5, 5.41) is 4.14. The van der Waals surface area contributed by atoms with Gasteiger partial charge in [-0.1, -0.05) is 11.6 Å². The zero-order chi connectivity index (χ0) is 12.4. The predicted octanol–water partition coefficient (Wildman–Crippen LogP) is 2.34. The van der Waals surface area contributed by atoms with Gasteiger partial charge in [0.05, 0.1) is 5.02 Å². The molecule has 1 aromatic carbocycles. The first-order valence-corrected chi connectivity index (χ1v) is 6.60. The van der Waals surface area contributed by atoms with E-state index in [0.29, 0.717) is 16.8 Å². The normalized spacial score (nSPS) is 19.2. The lowest BCUT2D eigenvalue weighted by Gasteiger charge is -2.23. The lowest BCUT2D eigenvalue weighted by molar-refractivity contribution is 0.0776. The number of hydrogen-bond donors (Lipinski definition) is 1. The molecule has 1 aromatic rings. The molecule has 2 aliphatic rings. The summed E-state index contributed by atoms with van der Waals surface area (Å²) >= 11 is 6.14. The van der Waals surface area contributed by atoms with E-state index in [1.165, 1.54) is 0 Å². The minimum atomic E-state index is 0.256. The van der Waals surface area contributed by atoms with Crippen molar-refractivity contribution in [2.45, 2.75) is 25.4 Å². The fraction of sp³-hybridized carbons (Fsp3) is 0.538. The third-order valence-corrected chi connectivity index (χ3v) is 3.58. The number of hydrogen-bond acceptors (Lipinski definition) is 4. The lowest BCUT2D eigenvalue weighted by Crippen LogP contribution is -2.34. The predicted molar refractivity (Wildman–Crippen MR) is 68.3 cm³/mol. The zero-order valence-corrected chi connectivity index (χ0v) is 10.8. The summed E-state index contributed by atoms with van der Waals surface area (Å²) in [5.74, 6) is 1.40. The smallest absolute Gasteiger partial charge is 0.231 e. The molecule has 0 amide bonds. The largest absolute Gasteiger partial charge is 0.454 e. The number of ether oxygens (including phenoxy) is 3. The second kappa shape index (κ2) is 5.34. The van der Waals surface area contributed by atoms with Crippen LogP contribution in [0.25, 0.3) is 0 Å². The molecule has 0 unspecified atom stereocenters. The van der Waals surface area contributed by atoms with Crippen molar-refractivity contribution < 1.29 is 14.2 Å². The van der Waals surface area contributed by atoms with Crippen molar-refractivity contribution in [1.82, 2.24) is 5.32 Å². The Morgan fingerprint density at radius 1 is 1.22 bits per heavy atom. The molecule has 5 heteroatoms. The summed E-state index contributed by atoms with van der Waals surface area (Å²) in [4.78, 5) is 0. The first-order valence-electron chi connectivity index (χ1n) is 6.22. The first kappa shape index (κ1) is 12.1. The van der Waals surface area contributed by atoms with Gasteiger partial charge >= 0.3 is 0 Å². The fourth-order valence-electron chi connectivity index (χ4n) is 2.29. The molecule has 2 heterocycles. The Morgan fingerprint density at radius 2 is 2.06 bits per heavy atom. The van der Waals surface area contributed by atoms with Gasteiger partial charge in [-0.15, -0.1) is 0 Å². The van der Waals surface area contributed by atoms with Gasteiger partial charge in [-0.25, -0.2) is 0 Å². The van der Waals surface area contributed by atoms with Crippen molar-refractivity contribution in [3.8, 4) is 11.5 Å². The van der Waals surface area contributed by atoms with E-state index < -0.39 is 0 Å². The second-order valence-electron chi connectivity index (χ2n) is 4.58. The Balaban J connectivity index is 1.64. The van der Waals surface area contributed by atoms with Crippen LogP contribution in [0.1, 0.15) is 18.4 Å². The van der Waals surface area contributed by atoms with E-state index in [9.17, 15) is 0 Å². The van der Waals surface area contributed by atoms with Gasteiger partial charge in [0.25, 0.3) is 0 Å². The summed E-state index contributed by atoms with van der Waals surface area (Å²) in [6, 6.07) is 4.45. The maximum Gasteiger partial charge on any atom is 0.231 e. The van der Waals surface area contributed by atoms with E-state index in [1.54, 1.807) is 0 Å². The highest BCUT2D eigenvalue weighted by Gasteiger charge is 2.19. The molecule has 0 bridgehead atoms. The standard InChI is InChI=1S/C13H16ClNO3/c14-11-5-9(6-12-13(11)18-8-17-12)7-15-10-1-3-16-4-2-10/h5-6,10,15H,1-4,7-8H2. The highest BCUT2D eigenvalue weighted by Crippen LogP contribution is 2.39. The van der Waals surface area contributed by atoms with Gasteiger partial charge in [-0.3, -0.25) is 0 Å². The molecule has 0 atom stereocenters. The number of rotatable bonds is 3. The van der Waals surface area contributed by atoms with Crippen LogP contribution in [-0.4, -0.2) is 26.0 Å². The van der Waals surface area contributed by atoms with Gasteiger partial charge in [0, 0.05) is 25.8 Å². The van der Waals surface area contributed by atoms with Gasteiger partial charge < -0.3 is 19.5 Å². The van der Waals surface area contributed by atoms with Crippen LogP contribution >= 0.6 is 11.6 Å². The van der Waals surface area contributed by atoms with Crippen LogP contribution in [0.15, 0.2) is 12.1 Å². The monoisotopic (exact) mass is 269 g/mol. The van der Waals surface area contributed by atoms with E-state index in [-0.39, 0.29) is 6.79 Å². The molecular formula is C13H16ClNO3. The first-order chi connectivity index (χ1) is 8.83. The van der Waals surface area contributed by atoms with Gasteiger partial charge in [0.2, 0.25) is 6.79 Å². The lowest BCUT2D eigenvalue weighted by atomic mass is 10.1. The van der Waals surface area contributed by atoms with Gasteiger partial charge in [-0.05, 0) is 30.5 Å². The minimum absolute atomic E-state index is 0.256. The van der Waals surface area contributed by atoms with E-state index >= 15 is 0 Å². The third kappa shape index (κ3) is 2.55. The molecule has 18 heavy (non-hydrogen) atoms. The van der Waals surface area contributed by atoms with E-state index in [2.05, 4.69) is 5.32 Å². The molecule has 1 N–H and O–H groups in total. The molecule has 0 saturated carbocycles. The molecule has 0 aliphatic carbocycles. The quantitative estimate of drug-likeness (QED) is 0.914. The summed E-state index contributed by atoms with van der Waals surface area (Å²) in [6.45, 7) is 2.74. The van der Waals surface area contributed by atoms with Gasteiger partial charge in [-0.2, -0.15) is 0 Å². The summed E-state index contributed by atoms with van der Waals surface area (Å²) < 4.78 is 16.0. The van der Waals surface area contributed by atoms with Crippen LogP contribution < -0.4 is 14.8 Å². The van der Waals surface area contributed by atoms with Crippen molar-refractivity contribution in [3.63, 3.8) is 0 Å². The Bertz CT molecular complexity index is 432. The average Bonchev–Trinajstić information content (AvgIpc) is 2.86. The van der Waals surface area contributed by atoms with Crippen molar-refractivity contribution >= 4 is 11.6 Å². The second-order valence-corrected chi connectivity index (χ2v) is 4.99. The van der Waals surface area contributed by atoms with Crippen LogP contribution in [0.4, 0.5) is 0 Å². The van der Waals surface area contributed by atoms with E-state index in [0.717, 1.165) is 43.9 Å². The molecule has 3 rings (SSSR count). The average molecular weight is 270 g/mol. The molecule has 4 nitrogen and oxygen atoms in total. The molecule has 98 valence electrons. The van der Waals surface area contributed by atoms with Crippen LogP contribution in [-0.2, 0) is 11.3 Å². The SMILES string of the molecule is Clc1cc(CNC2CCOCC2)cc2c1OCO2. The topological polar surface area (TPSA) is 39.7 Å². The van der Waals surface area contributed by atoms with Crippen LogP contribution in [0.5, 0.6) is 11.5 Å². The number of benzene rings is 1. The highest BCUT2D eigenvalue weighted by atomic mass is 35.5. The summed E-state index contributed by atoms with van der Waals surface area (Å²) in [7, 11) is 0. The molecule has 0 spiro atoms. The van der Waals surface area contributed by atoms with Crippen molar-refractivity contribution in [3.05, 3.63) is 22.7 Å². The Morgan fingerprint density at radius 3 is 2.89 bits per heavy atom. The molecular weight excluding hydrogens is 254 g/mol. The number of fused-ring (bicyclic) bond motifs is 1. The van der Waals surface area contributed by atoms with Gasteiger partial charge in [0.15, 0.2) is 11.5 Å². The van der Waals surface area contributed by atoms with Crippen LogP contribution in [0.3, 0.4) is 0 Å². The van der Waals surface area contributed by atoms with Crippen molar-refractivity contribution in [2.24, 2.45) is 0 Å². The molecule has 1 fully saturated rings. The third-order valence-electron chi connectivity index (χ3n) is 3.30. The molecule has 0 radical (unpaired) electrons. The van der Waals surface area contributed by atoms with E-state index in [4.69, 9.17) is 25.8 Å². The fourth-order valence-corrected chi connectivity index (χ4v) is 2.57. The number of nitrogens with one attached hydrogen (secondary N) is 1. The Kier molecular flexibility index (Phi) is 3.59. The van der Waals surface area contributed by atoms with Gasteiger partial charge in [0.1, 0.15) is 0 Å². The van der Waals surface area contributed by atoms with Crippen molar-refractivity contribution in [1.29, 1.82) is 0 Å². The van der Waals surface area contributed by atoms with Crippen LogP contribution in [0.2, 0.25) is 5.02 Å². The minimum Gasteiger partial charge on any atom is -0.454 e. The van der Waals surface area contributed by atoms with E-state index in [1.807, 2.05) is 12.1 Å².